The van der Waals surface area contributed by atoms with Crippen LogP contribution < -0.4 is 4.74 Å². The Hall–Kier alpha value is -0.230. The molecule has 1 aromatic carbocycles. The topological polar surface area (TPSA) is 15.7 Å². The molecule has 0 spiro atoms. The van der Waals surface area contributed by atoms with Gasteiger partial charge in [-0.2, -0.15) is 0 Å². The van der Waals surface area contributed by atoms with Crippen molar-refractivity contribution < 1.29 is 4.74 Å². The lowest BCUT2D eigenvalue weighted by molar-refractivity contribution is 0.203. The van der Waals surface area contributed by atoms with E-state index < -0.39 is 0 Å². The number of halogens is 1. The van der Waals surface area contributed by atoms with Crippen LogP contribution in [0.1, 0.15) is 12.8 Å². The predicted octanol–water partition coefficient (Wildman–Crippen LogP) is 3.49. The number of benzene rings is 1. The van der Waals surface area contributed by atoms with Gasteiger partial charge in [0.2, 0.25) is 0 Å². The Labute approximate surface area is 128 Å². The SMILES string of the molecule is COc1ccc(Br)cc1SN1CCC(N(C)C)CC1. The molecular formula is C14H21BrN2OS. The van der Waals surface area contributed by atoms with Gasteiger partial charge in [-0.25, -0.2) is 4.31 Å². The first-order valence-electron chi connectivity index (χ1n) is 6.53. The third-order valence-electron chi connectivity index (χ3n) is 3.51. The Morgan fingerprint density at radius 3 is 2.58 bits per heavy atom. The molecule has 0 unspecified atom stereocenters. The zero-order chi connectivity index (χ0) is 13.8. The van der Waals surface area contributed by atoms with Gasteiger partial charge in [0.15, 0.2) is 0 Å². The van der Waals surface area contributed by atoms with Crippen LogP contribution in [-0.4, -0.2) is 49.5 Å². The van der Waals surface area contributed by atoms with Crippen molar-refractivity contribution in [3.63, 3.8) is 0 Å². The van der Waals surface area contributed by atoms with Crippen LogP contribution in [0.4, 0.5) is 0 Å². The van der Waals surface area contributed by atoms with Crippen LogP contribution in [0.3, 0.4) is 0 Å². The molecule has 19 heavy (non-hydrogen) atoms. The van der Waals surface area contributed by atoms with Crippen LogP contribution in [0.15, 0.2) is 27.6 Å². The second kappa shape index (κ2) is 6.97. The molecule has 1 saturated heterocycles. The molecule has 2 rings (SSSR count). The molecule has 0 aromatic heterocycles. The van der Waals surface area contributed by atoms with Gasteiger partial charge in [0.25, 0.3) is 0 Å². The zero-order valence-electron chi connectivity index (χ0n) is 11.7. The summed E-state index contributed by atoms with van der Waals surface area (Å²) in [5.41, 5.74) is 0. The van der Waals surface area contributed by atoms with Gasteiger partial charge >= 0.3 is 0 Å². The summed E-state index contributed by atoms with van der Waals surface area (Å²) < 4.78 is 8.96. The Morgan fingerprint density at radius 1 is 1.32 bits per heavy atom. The minimum Gasteiger partial charge on any atom is -0.496 e. The quantitative estimate of drug-likeness (QED) is 0.776. The van der Waals surface area contributed by atoms with Crippen molar-refractivity contribution >= 4 is 27.9 Å². The second-order valence-corrected chi connectivity index (χ2v) is 7.06. The summed E-state index contributed by atoms with van der Waals surface area (Å²) in [5.74, 6) is 0.947. The molecule has 1 aliphatic rings. The fourth-order valence-corrected chi connectivity index (χ4v) is 3.92. The van der Waals surface area contributed by atoms with Crippen molar-refractivity contribution in [1.82, 2.24) is 9.21 Å². The molecule has 1 heterocycles. The third kappa shape index (κ3) is 4.12. The van der Waals surface area contributed by atoms with E-state index in [0.29, 0.717) is 0 Å². The molecule has 1 aliphatic heterocycles. The molecule has 0 N–H and O–H groups in total. The largest absolute Gasteiger partial charge is 0.496 e. The van der Waals surface area contributed by atoms with Crippen LogP contribution in [0.25, 0.3) is 0 Å². The van der Waals surface area contributed by atoms with Gasteiger partial charge in [-0.1, -0.05) is 15.9 Å². The summed E-state index contributed by atoms with van der Waals surface area (Å²) in [5, 5.41) is 0. The number of hydrogen-bond donors (Lipinski definition) is 0. The molecular weight excluding hydrogens is 324 g/mol. The van der Waals surface area contributed by atoms with Gasteiger partial charge in [-0.05, 0) is 57.1 Å². The Kier molecular flexibility index (Phi) is 5.57. The zero-order valence-corrected chi connectivity index (χ0v) is 14.1. The van der Waals surface area contributed by atoms with E-state index in [9.17, 15) is 0 Å². The van der Waals surface area contributed by atoms with Crippen molar-refractivity contribution in [3.8, 4) is 5.75 Å². The summed E-state index contributed by atoms with van der Waals surface area (Å²) in [7, 11) is 6.07. The Bertz CT molecular complexity index is 420. The summed E-state index contributed by atoms with van der Waals surface area (Å²) in [6.07, 6.45) is 2.46. The van der Waals surface area contributed by atoms with E-state index in [4.69, 9.17) is 4.74 Å². The lowest BCUT2D eigenvalue weighted by Gasteiger charge is -2.34. The second-order valence-electron chi connectivity index (χ2n) is 5.01. The van der Waals surface area contributed by atoms with E-state index in [1.165, 1.54) is 17.7 Å². The molecule has 0 aliphatic carbocycles. The highest BCUT2D eigenvalue weighted by atomic mass is 79.9. The van der Waals surface area contributed by atoms with E-state index in [2.05, 4.69) is 45.3 Å². The van der Waals surface area contributed by atoms with E-state index in [0.717, 1.165) is 29.4 Å². The monoisotopic (exact) mass is 344 g/mol. The highest BCUT2D eigenvalue weighted by Crippen LogP contribution is 2.35. The first kappa shape index (κ1) is 15.2. The van der Waals surface area contributed by atoms with Crippen LogP contribution in [0.2, 0.25) is 0 Å². The molecule has 0 bridgehead atoms. The van der Waals surface area contributed by atoms with Gasteiger partial charge in [0, 0.05) is 23.6 Å². The number of piperidine rings is 1. The standard InChI is InChI=1S/C14H21BrN2OS/c1-16(2)12-6-8-17(9-7-12)19-14-10-11(15)4-5-13(14)18-3/h4-5,10,12H,6-9H2,1-3H3. The van der Waals surface area contributed by atoms with Gasteiger partial charge in [0.05, 0.1) is 12.0 Å². The molecule has 0 atom stereocenters. The fourth-order valence-electron chi connectivity index (χ4n) is 2.31. The highest BCUT2D eigenvalue weighted by Gasteiger charge is 2.22. The van der Waals surface area contributed by atoms with Gasteiger partial charge in [-0.15, -0.1) is 0 Å². The van der Waals surface area contributed by atoms with E-state index >= 15 is 0 Å². The van der Waals surface area contributed by atoms with Crippen LogP contribution in [0, 0.1) is 0 Å². The average Bonchev–Trinajstić information content (AvgIpc) is 2.39. The molecule has 0 radical (unpaired) electrons. The minimum atomic E-state index is 0.723. The smallest absolute Gasteiger partial charge is 0.133 e. The molecule has 1 aromatic rings. The number of methoxy groups -OCH3 is 1. The first-order chi connectivity index (χ1) is 9.10. The summed E-state index contributed by atoms with van der Waals surface area (Å²) in [6, 6.07) is 6.88. The molecule has 5 heteroatoms. The van der Waals surface area contributed by atoms with Crippen molar-refractivity contribution in [2.75, 3.05) is 34.3 Å². The molecule has 0 amide bonds. The first-order valence-corrected chi connectivity index (χ1v) is 8.09. The number of nitrogens with zero attached hydrogens (tertiary/aromatic N) is 2. The molecule has 1 fully saturated rings. The minimum absolute atomic E-state index is 0.723. The summed E-state index contributed by atoms with van der Waals surface area (Å²) in [6.45, 7) is 2.26. The van der Waals surface area contributed by atoms with E-state index in [1.54, 1.807) is 19.1 Å². The Balaban J connectivity index is 1.97. The summed E-state index contributed by atoms with van der Waals surface area (Å²) >= 11 is 5.33. The normalized spacial score (nSPS) is 17.9. The lowest BCUT2D eigenvalue weighted by Crippen LogP contribution is -2.39. The maximum Gasteiger partial charge on any atom is 0.133 e. The van der Waals surface area contributed by atoms with Crippen molar-refractivity contribution in [2.24, 2.45) is 0 Å². The predicted molar refractivity (Wildman–Crippen MR) is 84.8 cm³/mol. The Morgan fingerprint density at radius 2 is 2.00 bits per heavy atom. The fraction of sp³-hybridized carbons (Fsp3) is 0.571. The van der Waals surface area contributed by atoms with Crippen LogP contribution in [0.5, 0.6) is 5.75 Å². The average molecular weight is 345 g/mol. The molecule has 0 saturated carbocycles. The van der Waals surface area contributed by atoms with Gasteiger partial charge in [-0.3, -0.25) is 0 Å². The van der Waals surface area contributed by atoms with Crippen molar-refractivity contribution in [2.45, 2.75) is 23.8 Å². The van der Waals surface area contributed by atoms with Gasteiger partial charge in [0.1, 0.15) is 5.75 Å². The maximum absolute atomic E-state index is 5.42. The maximum atomic E-state index is 5.42. The highest BCUT2D eigenvalue weighted by molar-refractivity contribution is 9.10. The van der Waals surface area contributed by atoms with E-state index in [-0.39, 0.29) is 0 Å². The number of ether oxygens (including phenoxy) is 1. The van der Waals surface area contributed by atoms with E-state index in [1.807, 2.05) is 12.1 Å². The van der Waals surface area contributed by atoms with Crippen LogP contribution in [-0.2, 0) is 0 Å². The number of hydrogen-bond acceptors (Lipinski definition) is 4. The summed E-state index contributed by atoms with van der Waals surface area (Å²) in [4.78, 5) is 3.52. The number of rotatable bonds is 4. The van der Waals surface area contributed by atoms with Crippen molar-refractivity contribution in [3.05, 3.63) is 22.7 Å². The third-order valence-corrected chi connectivity index (χ3v) is 5.14. The molecule has 3 nitrogen and oxygen atoms in total. The van der Waals surface area contributed by atoms with Crippen molar-refractivity contribution in [1.29, 1.82) is 0 Å². The van der Waals surface area contributed by atoms with Gasteiger partial charge < -0.3 is 9.64 Å². The van der Waals surface area contributed by atoms with Crippen LogP contribution >= 0.6 is 27.9 Å². The lowest BCUT2D eigenvalue weighted by atomic mass is 10.1. The molecule has 106 valence electrons.